The van der Waals surface area contributed by atoms with Crippen LogP contribution in [0.1, 0.15) is 44.1 Å². The molecule has 0 saturated carbocycles. The van der Waals surface area contributed by atoms with Crippen LogP contribution in [-0.2, 0) is 0 Å². The van der Waals surface area contributed by atoms with E-state index in [1.54, 1.807) is 14.2 Å². The minimum absolute atomic E-state index is 0. The molecule has 1 saturated heterocycles. The van der Waals surface area contributed by atoms with Gasteiger partial charge < -0.3 is 14.4 Å². The molecule has 1 unspecified atom stereocenters. The van der Waals surface area contributed by atoms with E-state index >= 15 is 0 Å². The van der Waals surface area contributed by atoms with E-state index in [1.807, 2.05) is 6.07 Å². The van der Waals surface area contributed by atoms with E-state index in [1.165, 1.54) is 44.3 Å². The number of hydrogen-bond donors (Lipinski definition) is 0. The Morgan fingerprint density at radius 1 is 1.10 bits per heavy atom. The van der Waals surface area contributed by atoms with Crippen LogP contribution < -0.4 is 9.47 Å². The molecule has 0 radical (unpaired) electrons. The molecule has 4 heteroatoms. The number of benzene rings is 1. The van der Waals surface area contributed by atoms with Crippen LogP contribution in [0.25, 0.3) is 0 Å². The summed E-state index contributed by atoms with van der Waals surface area (Å²) in [4.78, 5) is 2.60. The third-order valence-electron chi connectivity index (χ3n) is 4.14. The first kappa shape index (κ1) is 18.6. The largest absolute Gasteiger partial charge is 0.497 e. The summed E-state index contributed by atoms with van der Waals surface area (Å²) >= 11 is 0. The maximum Gasteiger partial charge on any atom is 0.122 e. The molecule has 0 aromatic heterocycles. The van der Waals surface area contributed by atoms with E-state index in [0.717, 1.165) is 18.0 Å². The highest BCUT2D eigenvalue weighted by atomic mass is 127. The van der Waals surface area contributed by atoms with Gasteiger partial charge in [0.25, 0.3) is 0 Å². The average Bonchev–Trinajstić information content (AvgIpc) is 2.72. The molecule has 120 valence electrons. The maximum absolute atomic E-state index is 5.40. The van der Waals surface area contributed by atoms with Gasteiger partial charge in [0.05, 0.1) is 14.2 Å². The summed E-state index contributed by atoms with van der Waals surface area (Å²) in [5.74, 6) is 2.38. The quantitative estimate of drug-likeness (QED) is 0.682. The smallest absolute Gasteiger partial charge is 0.122 e. The monoisotopic (exact) mass is 405 g/mol. The van der Waals surface area contributed by atoms with Crippen LogP contribution in [0, 0.1) is 0 Å². The van der Waals surface area contributed by atoms with Crippen molar-refractivity contribution in [3.8, 4) is 11.5 Å². The zero-order valence-corrected chi connectivity index (χ0v) is 15.8. The summed E-state index contributed by atoms with van der Waals surface area (Å²) in [7, 11) is 3.43. The van der Waals surface area contributed by atoms with Gasteiger partial charge in [-0.05, 0) is 56.0 Å². The van der Waals surface area contributed by atoms with Crippen molar-refractivity contribution >= 4 is 24.0 Å². The molecule has 0 spiro atoms. The third-order valence-corrected chi connectivity index (χ3v) is 4.14. The average molecular weight is 405 g/mol. The number of rotatable bonds is 5. The molecule has 0 bridgehead atoms. The molecule has 1 fully saturated rings. The highest BCUT2D eigenvalue weighted by Gasteiger charge is 2.20. The fraction of sp³-hybridized carbons (Fsp3) is 0.647. The topological polar surface area (TPSA) is 21.7 Å². The van der Waals surface area contributed by atoms with Gasteiger partial charge in [0.15, 0.2) is 0 Å². The minimum atomic E-state index is 0. The van der Waals surface area contributed by atoms with Gasteiger partial charge in [-0.15, -0.1) is 24.0 Å². The first-order valence-electron chi connectivity index (χ1n) is 7.72. The first-order chi connectivity index (χ1) is 9.76. The lowest BCUT2D eigenvalue weighted by molar-refractivity contribution is 0.273. The lowest BCUT2D eigenvalue weighted by atomic mass is 9.94. The second-order valence-corrected chi connectivity index (χ2v) is 5.64. The number of hydrogen-bond acceptors (Lipinski definition) is 3. The maximum atomic E-state index is 5.40. The predicted octanol–water partition coefficient (Wildman–Crippen LogP) is 4.30. The molecular weight excluding hydrogens is 377 g/mol. The molecule has 2 rings (SSSR count). The molecule has 3 nitrogen and oxygen atoms in total. The number of likely N-dealkylation sites (tertiary alicyclic amines) is 1. The summed E-state index contributed by atoms with van der Waals surface area (Å²) < 4.78 is 10.8. The molecule has 0 amide bonds. The number of ether oxygens (including phenoxy) is 2. The normalized spacial score (nSPS) is 19.5. The summed E-state index contributed by atoms with van der Waals surface area (Å²) in [6, 6.07) is 6.29. The Hall–Kier alpha value is -0.490. The Bertz CT molecular complexity index is 403. The Balaban J connectivity index is 0.00000220. The van der Waals surface area contributed by atoms with E-state index in [0.29, 0.717) is 5.92 Å². The van der Waals surface area contributed by atoms with Gasteiger partial charge >= 0.3 is 0 Å². The second kappa shape index (κ2) is 9.51. The van der Waals surface area contributed by atoms with Crippen LogP contribution >= 0.6 is 24.0 Å². The highest BCUT2D eigenvalue weighted by molar-refractivity contribution is 14.0. The van der Waals surface area contributed by atoms with Crippen LogP contribution in [0.4, 0.5) is 0 Å². The Kier molecular flexibility index (Phi) is 8.41. The van der Waals surface area contributed by atoms with E-state index in [2.05, 4.69) is 24.0 Å². The summed E-state index contributed by atoms with van der Waals surface area (Å²) in [5, 5.41) is 0. The first-order valence-corrected chi connectivity index (χ1v) is 7.72. The van der Waals surface area contributed by atoms with Crippen molar-refractivity contribution in [1.82, 2.24) is 4.90 Å². The lowest BCUT2D eigenvalue weighted by Crippen LogP contribution is -2.28. The van der Waals surface area contributed by atoms with Crippen molar-refractivity contribution in [2.45, 2.75) is 38.5 Å². The molecule has 21 heavy (non-hydrogen) atoms. The van der Waals surface area contributed by atoms with Gasteiger partial charge in [0.1, 0.15) is 11.5 Å². The number of nitrogens with zero attached hydrogens (tertiary/aromatic N) is 1. The van der Waals surface area contributed by atoms with Crippen molar-refractivity contribution in [1.29, 1.82) is 0 Å². The van der Waals surface area contributed by atoms with Crippen molar-refractivity contribution in [3.63, 3.8) is 0 Å². The van der Waals surface area contributed by atoms with Crippen molar-refractivity contribution < 1.29 is 9.47 Å². The summed E-state index contributed by atoms with van der Waals surface area (Å²) in [5.41, 5.74) is 1.35. The number of methoxy groups -OCH3 is 2. The molecule has 1 aliphatic heterocycles. The fourth-order valence-electron chi connectivity index (χ4n) is 3.08. The Morgan fingerprint density at radius 3 is 2.33 bits per heavy atom. The van der Waals surface area contributed by atoms with Crippen molar-refractivity contribution in [3.05, 3.63) is 23.8 Å². The van der Waals surface area contributed by atoms with Gasteiger partial charge in [0.2, 0.25) is 0 Å². The Morgan fingerprint density at radius 2 is 1.76 bits per heavy atom. The van der Waals surface area contributed by atoms with Gasteiger partial charge in [0, 0.05) is 12.6 Å². The molecule has 1 heterocycles. The SMILES string of the molecule is CCCN1CCCCC(c2cc(OC)cc(OC)c2)C1.I. The van der Waals surface area contributed by atoms with Gasteiger partial charge in [-0.3, -0.25) is 0 Å². The molecule has 0 aliphatic carbocycles. The third kappa shape index (κ3) is 5.33. The lowest BCUT2D eigenvalue weighted by Gasteiger charge is -2.24. The van der Waals surface area contributed by atoms with E-state index < -0.39 is 0 Å². The second-order valence-electron chi connectivity index (χ2n) is 5.64. The van der Waals surface area contributed by atoms with Gasteiger partial charge in [-0.2, -0.15) is 0 Å². The van der Waals surface area contributed by atoms with E-state index in [9.17, 15) is 0 Å². The predicted molar refractivity (Wildman–Crippen MR) is 98.3 cm³/mol. The van der Waals surface area contributed by atoms with Crippen LogP contribution in [0.15, 0.2) is 18.2 Å². The molecule has 1 aromatic rings. The van der Waals surface area contributed by atoms with Gasteiger partial charge in [-0.25, -0.2) is 0 Å². The summed E-state index contributed by atoms with van der Waals surface area (Å²) in [6.45, 7) is 5.86. The van der Waals surface area contributed by atoms with Gasteiger partial charge in [-0.1, -0.05) is 13.3 Å². The summed E-state index contributed by atoms with van der Waals surface area (Å²) in [6.07, 6.45) is 5.12. The number of halogens is 1. The zero-order valence-electron chi connectivity index (χ0n) is 13.4. The van der Waals surface area contributed by atoms with Crippen LogP contribution in [0.2, 0.25) is 0 Å². The van der Waals surface area contributed by atoms with Crippen LogP contribution in [0.5, 0.6) is 11.5 Å². The highest BCUT2D eigenvalue weighted by Crippen LogP contribution is 2.32. The Labute approximate surface area is 146 Å². The van der Waals surface area contributed by atoms with Crippen LogP contribution in [0.3, 0.4) is 0 Å². The van der Waals surface area contributed by atoms with Crippen molar-refractivity contribution in [2.24, 2.45) is 0 Å². The molecule has 1 aromatic carbocycles. The fourth-order valence-corrected chi connectivity index (χ4v) is 3.08. The zero-order chi connectivity index (χ0) is 14.4. The molecule has 1 aliphatic rings. The minimum Gasteiger partial charge on any atom is -0.497 e. The molecule has 0 N–H and O–H groups in total. The molecule has 1 atom stereocenters. The standard InChI is InChI=1S/C17H27NO2.HI/c1-4-8-18-9-6-5-7-14(13-18)15-10-16(19-2)12-17(11-15)20-3;/h10-12,14H,4-9,13H2,1-3H3;1H. The molecular formula is C17H28INO2. The van der Waals surface area contributed by atoms with E-state index in [4.69, 9.17) is 9.47 Å². The van der Waals surface area contributed by atoms with E-state index in [-0.39, 0.29) is 24.0 Å². The van der Waals surface area contributed by atoms with Crippen LogP contribution in [-0.4, -0.2) is 38.8 Å². The van der Waals surface area contributed by atoms with Crippen molar-refractivity contribution in [2.75, 3.05) is 33.9 Å².